The molecule has 0 saturated carbocycles. The van der Waals surface area contributed by atoms with Crippen LogP contribution in [0.1, 0.15) is 18.9 Å². The first-order valence-electron chi connectivity index (χ1n) is 4.72. The van der Waals surface area contributed by atoms with Gasteiger partial charge in [-0.15, -0.1) is 0 Å². The molecular weight excluding hydrogens is 212 g/mol. The molecule has 0 aliphatic rings. The van der Waals surface area contributed by atoms with E-state index in [4.69, 9.17) is 4.18 Å². The van der Waals surface area contributed by atoms with Gasteiger partial charge in [-0.05, 0) is 24.1 Å². The van der Waals surface area contributed by atoms with Gasteiger partial charge in [-0.25, -0.2) is 0 Å². The summed E-state index contributed by atoms with van der Waals surface area (Å²) in [6.07, 6.45) is 2.26. The molecule has 0 spiro atoms. The molecule has 0 bridgehead atoms. The van der Waals surface area contributed by atoms with Gasteiger partial charge in [-0.2, -0.15) is 8.42 Å². The lowest BCUT2D eigenvalue weighted by molar-refractivity contribution is 0.318. The Labute approximate surface area is 90.5 Å². The fourth-order valence-corrected chi connectivity index (χ4v) is 2.11. The van der Waals surface area contributed by atoms with Gasteiger partial charge in [0.2, 0.25) is 0 Å². The first-order chi connectivity index (χ1) is 7.10. The van der Waals surface area contributed by atoms with Crippen LogP contribution in [0.4, 0.5) is 0 Å². The SMILES string of the molecule is C=Cc1cccc(S(=O)(=O)OCCC)c1. The van der Waals surface area contributed by atoms with E-state index < -0.39 is 10.1 Å². The second-order valence-corrected chi connectivity index (χ2v) is 4.67. The second-order valence-electron chi connectivity index (χ2n) is 3.05. The van der Waals surface area contributed by atoms with Crippen molar-refractivity contribution in [2.45, 2.75) is 18.2 Å². The minimum atomic E-state index is -3.60. The predicted molar refractivity (Wildman–Crippen MR) is 60.0 cm³/mol. The summed E-state index contributed by atoms with van der Waals surface area (Å²) in [5, 5.41) is 0. The molecule has 15 heavy (non-hydrogen) atoms. The zero-order valence-electron chi connectivity index (χ0n) is 8.64. The lowest BCUT2D eigenvalue weighted by Gasteiger charge is -2.04. The van der Waals surface area contributed by atoms with Crippen LogP contribution in [0.2, 0.25) is 0 Å². The van der Waals surface area contributed by atoms with Crippen LogP contribution >= 0.6 is 0 Å². The zero-order valence-corrected chi connectivity index (χ0v) is 9.46. The lowest BCUT2D eigenvalue weighted by Crippen LogP contribution is -2.07. The van der Waals surface area contributed by atoms with Crippen molar-refractivity contribution in [3.8, 4) is 0 Å². The Balaban J connectivity index is 2.99. The lowest BCUT2D eigenvalue weighted by atomic mass is 10.2. The van der Waals surface area contributed by atoms with Crippen molar-refractivity contribution >= 4 is 16.2 Å². The van der Waals surface area contributed by atoms with Gasteiger partial charge < -0.3 is 0 Å². The van der Waals surface area contributed by atoms with Crippen molar-refractivity contribution < 1.29 is 12.6 Å². The predicted octanol–water partition coefficient (Wildman–Crippen LogP) is 2.44. The van der Waals surface area contributed by atoms with Gasteiger partial charge in [-0.1, -0.05) is 31.7 Å². The number of hydrogen-bond acceptors (Lipinski definition) is 3. The van der Waals surface area contributed by atoms with Crippen molar-refractivity contribution in [1.29, 1.82) is 0 Å². The highest BCUT2D eigenvalue weighted by Gasteiger charge is 2.14. The maximum absolute atomic E-state index is 11.6. The van der Waals surface area contributed by atoms with Crippen LogP contribution in [-0.2, 0) is 14.3 Å². The van der Waals surface area contributed by atoms with Crippen LogP contribution in [0.5, 0.6) is 0 Å². The summed E-state index contributed by atoms with van der Waals surface area (Å²) in [6, 6.07) is 6.50. The highest BCUT2D eigenvalue weighted by Crippen LogP contribution is 2.15. The molecule has 82 valence electrons. The summed E-state index contributed by atoms with van der Waals surface area (Å²) in [4.78, 5) is 0.174. The van der Waals surface area contributed by atoms with Gasteiger partial charge in [0, 0.05) is 0 Å². The maximum atomic E-state index is 11.6. The van der Waals surface area contributed by atoms with Crippen LogP contribution in [0.15, 0.2) is 35.7 Å². The minimum absolute atomic E-state index is 0.174. The molecular formula is C11H14O3S. The maximum Gasteiger partial charge on any atom is 0.296 e. The topological polar surface area (TPSA) is 43.4 Å². The van der Waals surface area contributed by atoms with Gasteiger partial charge in [0.25, 0.3) is 10.1 Å². The minimum Gasteiger partial charge on any atom is -0.266 e. The van der Waals surface area contributed by atoms with Crippen molar-refractivity contribution in [3.63, 3.8) is 0 Å². The van der Waals surface area contributed by atoms with Gasteiger partial charge >= 0.3 is 0 Å². The highest BCUT2D eigenvalue weighted by atomic mass is 32.2. The molecule has 0 unspecified atom stereocenters. The van der Waals surface area contributed by atoms with Crippen LogP contribution < -0.4 is 0 Å². The Kier molecular flexibility index (Phi) is 4.05. The number of hydrogen-bond donors (Lipinski definition) is 0. The normalized spacial score (nSPS) is 11.3. The largest absolute Gasteiger partial charge is 0.296 e. The molecule has 0 N–H and O–H groups in total. The Morgan fingerprint density at radius 1 is 1.47 bits per heavy atom. The van der Waals surface area contributed by atoms with Gasteiger partial charge in [-0.3, -0.25) is 4.18 Å². The van der Waals surface area contributed by atoms with Crippen molar-refractivity contribution in [2.75, 3.05) is 6.61 Å². The fourth-order valence-electron chi connectivity index (χ4n) is 1.06. The number of rotatable bonds is 5. The van der Waals surface area contributed by atoms with Gasteiger partial charge in [0.15, 0.2) is 0 Å². The monoisotopic (exact) mass is 226 g/mol. The molecule has 1 rings (SSSR count). The summed E-state index contributed by atoms with van der Waals surface area (Å²) < 4.78 is 28.0. The molecule has 0 saturated heterocycles. The third-order valence-corrected chi connectivity index (χ3v) is 3.13. The number of benzene rings is 1. The molecule has 0 amide bonds. The standard InChI is InChI=1S/C11H14O3S/c1-3-8-14-15(12,13)11-7-5-6-10(4-2)9-11/h4-7,9H,2-3,8H2,1H3. The van der Waals surface area contributed by atoms with E-state index in [1.54, 1.807) is 18.2 Å². The van der Waals surface area contributed by atoms with Crippen LogP contribution in [0, 0.1) is 0 Å². The summed E-state index contributed by atoms with van der Waals surface area (Å²) in [5.41, 5.74) is 0.760. The average molecular weight is 226 g/mol. The van der Waals surface area contributed by atoms with E-state index in [1.807, 2.05) is 6.92 Å². The molecule has 1 aromatic rings. The molecule has 4 heteroatoms. The molecule has 0 aliphatic heterocycles. The molecule has 0 atom stereocenters. The van der Waals surface area contributed by atoms with Crippen molar-refractivity contribution in [3.05, 3.63) is 36.4 Å². The van der Waals surface area contributed by atoms with Crippen molar-refractivity contribution in [1.82, 2.24) is 0 Å². The van der Waals surface area contributed by atoms with Crippen LogP contribution in [0.3, 0.4) is 0 Å². The third-order valence-electron chi connectivity index (χ3n) is 1.83. The van der Waals surface area contributed by atoms with E-state index in [-0.39, 0.29) is 11.5 Å². The molecule has 3 nitrogen and oxygen atoms in total. The Hall–Kier alpha value is -1.13. The quantitative estimate of drug-likeness (QED) is 0.724. The Morgan fingerprint density at radius 2 is 2.20 bits per heavy atom. The summed E-state index contributed by atoms with van der Waals surface area (Å²) in [7, 11) is -3.60. The van der Waals surface area contributed by atoms with E-state index >= 15 is 0 Å². The van der Waals surface area contributed by atoms with Crippen molar-refractivity contribution in [2.24, 2.45) is 0 Å². The van der Waals surface area contributed by atoms with Crippen LogP contribution in [0.25, 0.3) is 6.08 Å². The molecule has 0 aliphatic carbocycles. The van der Waals surface area contributed by atoms with Crippen LogP contribution in [-0.4, -0.2) is 15.0 Å². The van der Waals surface area contributed by atoms with E-state index in [9.17, 15) is 8.42 Å². The van der Waals surface area contributed by atoms with Gasteiger partial charge in [0.05, 0.1) is 11.5 Å². The fraction of sp³-hybridized carbons (Fsp3) is 0.273. The first kappa shape index (κ1) is 11.9. The van der Waals surface area contributed by atoms with E-state index in [2.05, 4.69) is 6.58 Å². The van der Waals surface area contributed by atoms with E-state index in [0.717, 1.165) is 5.56 Å². The Morgan fingerprint density at radius 3 is 2.80 bits per heavy atom. The molecule has 1 aromatic carbocycles. The Bertz CT molecular complexity index is 435. The first-order valence-corrected chi connectivity index (χ1v) is 6.13. The third kappa shape index (κ3) is 3.18. The van der Waals surface area contributed by atoms with Gasteiger partial charge in [0.1, 0.15) is 0 Å². The van der Waals surface area contributed by atoms with E-state index in [0.29, 0.717) is 6.42 Å². The summed E-state index contributed by atoms with van der Waals surface area (Å²) in [5.74, 6) is 0. The highest BCUT2D eigenvalue weighted by molar-refractivity contribution is 7.86. The summed E-state index contributed by atoms with van der Waals surface area (Å²) in [6.45, 7) is 5.65. The summed E-state index contributed by atoms with van der Waals surface area (Å²) >= 11 is 0. The van der Waals surface area contributed by atoms with E-state index in [1.165, 1.54) is 12.1 Å². The molecule has 0 heterocycles. The molecule has 0 aromatic heterocycles. The average Bonchev–Trinajstić information content (AvgIpc) is 2.26. The molecule has 0 fully saturated rings. The smallest absolute Gasteiger partial charge is 0.266 e. The zero-order chi connectivity index (χ0) is 11.3. The second kappa shape index (κ2) is 5.09. The molecule has 0 radical (unpaired) electrons.